The molecule has 1 saturated heterocycles. The highest BCUT2D eigenvalue weighted by Crippen LogP contribution is 1.93. The van der Waals surface area contributed by atoms with Crippen LogP contribution in [0.1, 0.15) is 13.3 Å². The van der Waals surface area contributed by atoms with Crippen LogP contribution in [0.3, 0.4) is 0 Å². The van der Waals surface area contributed by atoms with E-state index in [2.05, 4.69) is 17.7 Å². The fourth-order valence-electron chi connectivity index (χ4n) is 0.599. The lowest BCUT2D eigenvalue weighted by Gasteiger charge is -2.08. The molecule has 0 spiro atoms. The maximum Gasteiger partial charge on any atom is 0.148 e. The van der Waals surface area contributed by atoms with E-state index in [1.54, 1.807) is 0 Å². The van der Waals surface area contributed by atoms with Crippen molar-refractivity contribution in [3.8, 4) is 0 Å². The van der Waals surface area contributed by atoms with E-state index < -0.39 is 0 Å². The Morgan fingerprint density at radius 2 is 2.17 bits per heavy atom. The van der Waals surface area contributed by atoms with Crippen molar-refractivity contribution in [2.24, 2.45) is 0 Å². The number of rotatable bonds is 0. The minimum absolute atomic E-state index is 1.29. The molecule has 34 valence electrons. The second-order valence-corrected chi connectivity index (χ2v) is 1.65. The molecule has 0 aromatic carbocycles. The molecular weight excluding hydrogens is 74.1 g/mol. The van der Waals surface area contributed by atoms with Gasteiger partial charge in [0.15, 0.2) is 0 Å². The van der Waals surface area contributed by atoms with Crippen molar-refractivity contribution < 1.29 is 4.58 Å². The topological polar surface area (TPSA) is 3.01 Å². The Bertz CT molecular complexity index is 68.0. The summed E-state index contributed by atoms with van der Waals surface area (Å²) in [6, 6.07) is 0. The first-order valence-corrected chi connectivity index (χ1v) is 2.47. The molecule has 1 aliphatic heterocycles. The lowest BCUT2D eigenvalue weighted by Crippen LogP contribution is -2.27. The molecule has 0 saturated carbocycles. The first kappa shape index (κ1) is 3.85. The SMILES string of the molecule is CC=[N+]1CCC1. The van der Waals surface area contributed by atoms with Crippen LogP contribution in [-0.2, 0) is 0 Å². The van der Waals surface area contributed by atoms with E-state index in [0.29, 0.717) is 0 Å². The quantitative estimate of drug-likeness (QED) is 0.376. The largest absolute Gasteiger partial charge is 0.239 e. The third-order valence-electron chi connectivity index (χ3n) is 1.26. The summed E-state index contributed by atoms with van der Waals surface area (Å²) < 4.78 is 2.31. The summed E-state index contributed by atoms with van der Waals surface area (Å²) >= 11 is 0. The molecule has 0 atom stereocenters. The minimum atomic E-state index is 1.29. The summed E-state index contributed by atoms with van der Waals surface area (Å²) in [4.78, 5) is 0. The van der Waals surface area contributed by atoms with Gasteiger partial charge in [0.05, 0.1) is 6.42 Å². The van der Waals surface area contributed by atoms with Gasteiger partial charge in [-0.2, -0.15) is 0 Å². The van der Waals surface area contributed by atoms with Gasteiger partial charge >= 0.3 is 0 Å². The van der Waals surface area contributed by atoms with E-state index in [1.165, 1.54) is 19.5 Å². The summed E-state index contributed by atoms with van der Waals surface area (Å²) in [6.45, 7) is 4.66. The minimum Gasteiger partial charge on any atom is -0.239 e. The Labute approximate surface area is 38.3 Å². The van der Waals surface area contributed by atoms with Crippen LogP contribution in [0.15, 0.2) is 0 Å². The molecule has 0 amide bonds. The maximum absolute atomic E-state index is 2.31. The number of hydrogen-bond donors (Lipinski definition) is 0. The van der Waals surface area contributed by atoms with Crippen LogP contribution in [0, 0.1) is 0 Å². The van der Waals surface area contributed by atoms with Gasteiger partial charge in [0, 0.05) is 6.92 Å². The van der Waals surface area contributed by atoms with Crippen molar-refractivity contribution in [1.82, 2.24) is 0 Å². The van der Waals surface area contributed by atoms with Crippen LogP contribution in [0.25, 0.3) is 0 Å². The molecular formula is C5H10N+. The summed E-state index contributed by atoms with van der Waals surface area (Å²) in [5.74, 6) is 0. The predicted molar refractivity (Wildman–Crippen MR) is 26.3 cm³/mol. The third kappa shape index (κ3) is 0.445. The molecule has 0 aliphatic carbocycles. The van der Waals surface area contributed by atoms with E-state index in [4.69, 9.17) is 0 Å². The standard InChI is InChI=1S/C5H10N/c1-2-6-4-3-5-6/h2H,3-5H2,1H3/q+1. The zero-order chi connectivity index (χ0) is 4.41. The highest BCUT2D eigenvalue weighted by atomic mass is 15.0. The summed E-state index contributed by atoms with van der Waals surface area (Å²) in [5, 5.41) is 0. The molecule has 1 aliphatic rings. The first-order chi connectivity index (χ1) is 2.93. The van der Waals surface area contributed by atoms with Crippen molar-refractivity contribution >= 4 is 6.21 Å². The molecule has 0 aromatic heterocycles. The van der Waals surface area contributed by atoms with Crippen molar-refractivity contribution in [2.45, 2.75) is 13.3 Å². The molecule has 0 aromatic rings. The summed E-state index contributed by atoms with van der Waals surface area (Å²) in [6.07, 6.45) is 3.54. The van der Waals surface area contributed by atoms with Crippen molar-refractivity contribution in [2.75, 3.05) is 13.1 Å². The highest BCUT2D eigenvalue weighted by molar-refractivity contribution is 5.46. The fourth-order valence-corrected chi connectivity index (χ4v) is 0.599. The molecule has 1 heteroatoms. The number of hydrogen-bond acceptors (Lipinski definition) is 0. The Hall–Kier alpha value is -0.330. The van der Waals surface area contributed by atoms with E-state index in [0.717, 1.165) is 0 Å². The lowest BCUT2D eigenvalue weighted by molar-refractivity contribution is -0.579. The zero-order valence-corrected chi connectivity index (χ0v) is 4.15. The van der Waals surface area contributed by atoms with Gasteiger partial charge in [0.2, 0.25) is 0 Å². The molecule has 1 nitrogen and oxygen atoms in total. The van der Waals surface area contributed by atoms with Gasteiger partial charge in [-0.1, -0.05) is 0 Å². The first-order valence-electron chi connectivity index (χ1n) is 2.47. The molecule has 1 fully saturated rings. The van der Waals surface area contributed by atoms with E-state index in [-0.39, 0.29) is 0 Å². The van der Waals surface area contributed by atoms with Gasteiger partial charge in [-0.3, -0.25) is 0 Å². The lowest BCUT2D eigenvalue weighted by atomic mass is 10.3. The van der Waals surface area contributed by atoms with Crippen LogP contribution in [-0.4, -0.2) is 23.9 Å². The Kier molecular flexibility index (Phi) is 0.906. The van der Waals surface area contributed by atoms with Crippen LogP contribution in [0.5, 0.6) is 0 Å². The monoisotopic (exact) mass is 84.1 g/mol. The smallest absolute Gasteiger partial charge is 0.148 e. The van der Waals surface area contributed by atoms with Gasteiger partial charge in [-0.25, -0.2) is 4.58 Å². The highest BCUT2D eigenvalue weighted by Gasteiger charge is 2.12. The van der Waals surface area contributed by atoms with Crippen molar-refractivity contribution in [1.29, 1.82) is 0 Å². The average Bonchev–Trinajstić information content (AvgIpc) is 1.31. The van der Waals surface area contributed by atoms with Crippen LogP contribution >= 0.6 is 0 Å². The molecule has 0 bridgehead atoms. The molecule has 6 heavy (non-hydrogen) atoms. The van der Waals surface area contributed by atoms with Gasteiger partial charge < -0.3 is 0 Å². The Morgan fingerprint density at radius 1 is 1.50 bits per heavy atom. The second-order valence-electron chi connectivity index (χ2n) is 1.65. The van der Waals surface area contributed by atoms with Gasteiger partial charge in [0.1, 0.15) is 19.3 Å². The molecule has 0 N–H and O–H groups in total. The van der Waals surface area contributed by atoms with Crippen molar-refractivity contribution in [3.63, 3.8) is 0 Å². The van der Waals surface area contributed by atoms with Crippen LogP contribution in [0.4, 0.5) is 0 Å². The van der Waals surface area contributed by atoms with Gasteiger partial charge in [-0.15, -0.1) is 0 Å². The Balaban J connectivity index is 2.34. The van der Waals surface area contributed by atoms with E-state index in [9.17, 15) is 0 Å². The molecule has 0 radical (unpaired) electrons. The summed E-state index contributed by atoms with van der Waals surface area (Å²) in [5.41, 5.74) is 0. The number of nitrogens with zero attached hydrogens (tertiary/aromatic N) is 1. The molecule has 0 unspecified atom stereocenters. The predicted octanol–water partition coefficient (Wildman–Crippen LogP) is 0.493. The van der Waals surface area contributed by atoms with Gasteiger partial charge in [-0.05, 0) is 0 Å². The van der Waals surface area contributed by atoms with Crippen molar-refractivity contribution in [3.05, 3.63) is 0 Å². The Morgan fingerprint density at radius 3 is 2.17 bits per heavy atom. The van der Waals surface area contributed by atoms with Crippen LogP contribution in [0.2, 0.25) is 0 Å². The maximum atomic E-state index is 2.31. The zero-order valence-electron chi connectivity index (χ0n) is 4.15. The molecule has 1 rings (SSSR count). The average molecular weight is 84.1 g/mol. The van der Waals surface area contributed by atoms with E-state index >= 15 is 0 Å². The van der Waals surface area contributed by atoms with E-state index in [1.807, 2.05) is 0 Å². The van der Waals surface area contributed by atoms with Gasteiger partial charge in [0.25, 0.3) is 0 Å². The molecule has 1 heterocycles. The van der Waals surface area contributed by atoms with Crippen LogP contribution < -0.4 is 0 Å². The second kappa shape index (κ2) is 1.41. The summed E-state index contributed by atoms with van der Waals surface area (Å²) in [7, 11) is 0. The normalized spacial score (nSPS) is 19.8. The third-order valence-corrected chi connectivity index (χ3v) is 1.26. The fraction of sp³-hybridized carbons (Fsp3) is 0.800.